The highest BCUT2D eigenvalue weighted by atomic mass is 127. The van der Waals surface area contributed by atoms with Crippen LogP contribution < -0.4 is 0 Å². The Balaban J connectivity index is 1.60. The van der Waals surface area contributed by atoms with E-state index in [1.807, 2.05) is 31.3 Å². The van der Waals surface area contributed by atoms with Crippen molar-refractivity contribution in [2.75, 3.05) is 13.2 Å². The second-order valence-corrected chi connectivity index (χ2v) is 9.49. The van der Waals surface area contributed by atoms with Gasteiger partial charge in [-0.05, 0) is 64.8 Å². The van der Waals surface area contributed by atoms with Gasteiger partial charge in [0.15, 0.2) is 0 Å². The maximum absolute atomic E-state index is 12.7. The van der Waals surface area contributed by atoms with Crippen molar-refractivity contribution in [1.82, 2.24) is 4.90 Å². The van der Waals surface area contributed by atoms with Crippen LogP contribution in [0.2, 0.25) is 0 Å². The summed E-state index contributed by atoms with van der Waals surface area (Å²) >= 11 is 3.90. The largest absolute Gasteiger partial charge is 0.462 e. The van der Waals surface area contributed by atoms with Crippen LogP contribution in [0.15, 0.2) is 59.6 Å². The third-order valence-electron chi connectivity index (χ3n) is 5.05. The van der Waals surface area contributed by atoms with Gasteiger partial charge in [-0.2, -0.15) is 0 Å². The molecular formula is C24H23IN2O2S. The number of halogens is 1. The number of esters is 1. The Morgan fingerprint density at radius 1 is 1.20 bits per heavy atom. The molecule has 0 unspecified atom stereocenters. The molecule has 2 heterocycles. The number of carbonyl (C=O) groups is 1. The SMILES string of the molecule is CCOC(=O)c1c(N=Cc2ccc(I)cc2)sc2c1CCN(Cc1ccccc1)C2. The zero-order valence-corrected chi connectivity index (χ0v) is 19.8. The molecule has 30 heavy (non-hydrogen) atoms. The minimum Gasteiger partial charge on any atom is -0.462 e. The molecule has 6 heteroatoms. The van der Waals surface area contributed by atoms with Crippen molar-refractivity contribution < 1.29 is 9.53 Å². The highest BCUT2D eigenvalue weighted by Gasteiger charge is 2.28. The summed E-state index contributed by atoms with van der Waals surface area (Å²) in [5, 5.41) is 0.749. The van der Waals surface area contributed by atoms with Crippen LogP contribution in [0.5, 0.6) is 0 Å². The Hall–Kier alpha value is -2.03. The standard InChI is InChI=1S/C24H23IN2O2S/c1-2-29-24(28)22-20-12-13-27(15-18-6-4-3-5-7-18)16-21(20)30-23(22)26-14-17-8-10-19(25)11-9-17/h3-11,14H,2,12-13,15-16H2,1H3. The molecule has 4 nitrogen and oxygen atoms in total. The summed E-state index contributed by atoms with van der Waals surface area (Å²) in [5.41, 5.74) is 4.08. The third-order valence-corrected chi connectivity index (χ3v) is 6.89. The number of fused-ring (bicyclic) bond motifs is 1. The molecule has 0 amide bonds. The Labute approximate surface area is 194 Å². The van der Waals surface area contributed by atoms with Crippen molar-refractivity contribution in [1.29, 1.82) is 0 Å². The quantitative estimate of drug-likeness (QED) is 0.229. The Morgan fingerprint density at radius 3 is 2.70 bits per heavy atom. The van der Waals surface area contributed by atoms with E-state index in [4.69, 9.17) is 9.73 Å². The lowest BCUT2D eigenvalue weighted by Crippen LogP contribution is -2.29. The number of nitrogens with zero attached hydrogens (tertiary/aromatic N) is 2. The molecule has 3 aromatic rings. The smallest absolute Gasteiger partial charge is 0.341 e. The Kier molecular flexibility index (Phi) is 6.97. The molecule has 1 aliphatic heterocycles. The first-order valence-electron chi connectivity index (χ1n) is 10.0. The van der Waals surface area contributed by atoms with Crippen molar-refractivity contribution in [3.8, 4) is 0 Å². The molecule has 0 aliphatic carbocycles. The molecule has 1 aliphatic rings. The summed E-state index contributed by atoms with van der Waals surface area (Å²) in [5.74, 6) is -0.263. The van der Waals surface area contributed by atoms with Crippen LogP contribution in [-0.2, 0) is 24.2 Å². The van der Waals surface area contributed by atoms with Crippen LogP contribution in [0.1, 0.15) is 38.8 Å². The lowest BCUT2D eigenvalue weighted by Gasteiger charge is -2.27. The molecule has 0 N–H and O–H groups in total. The average molecular weight is 530 g/mol. The molecule has 0 atom stereocenters. The van der Waals surface area contributed by atoms with Gasteiger partial charge in [0.05, 0.1) is 12.2 Å². The van der Waals surface area contributed by atoms with Gasteiger partial charge in [-0.1, -0.05) is 42.5 Å². The molecule has 2 aromatic carbocycles. The molecule has 0 fully saturated rings. The third kappa shape index (κ3) is 4.99. The van der Waals surface area contributed by atoms with Crippen LogP contribution in [-0.4, -0.2) is 30.2 Å². The maximum atomic E-state index is 12.7. The molecule has 0 bridgehead atoms. The predicted molar refractivity (Wildman–Crippen MR) is 131 cm³/mol. The fraction of sp³-hybridized carbons (Fsp3) is 0.250. The normalized spacial score (nSPS) is 14.1. The molecule has 154 valence electrons. The maximum Gasteiger partial charge on any atom is 0.341 e. The van der Waals surface area contributed by atoms with E-state index in [1.165, 1.54) is 14.0 Å². The van der Waals surface area contributed by atoms with Gasteiger partial charge in [-0.15, -0.1) is 11.3 Å². The number of rotatable bonds is 6. The molecule has 1 aromatic heterocycles. The van der Waals surface area contributed by atoms with Crippen molar-refractivity contribution in [2.24, 2.45) is 4.99 Å². The fourth-order valence-electron chi connectivity index (χ4n) is 3.61. The van der Waals surface area contributed by atoms with E-state index in [2.05, 4.69) is 63.9 Å². The van der Waals surface area contributed by atoms with Crippen LogP contribution in [0, 0.1) is 3.57 Å². The topological polar surface area (TPSA) is 41.9 Å². The summed E-state index contributed by atoms with van der Waals surface area (Å²) in [6.07, 6.45) is 2.67. The molecule has 0 radical (unpaired) electrons. The summed E-state index contributed by atoms with van der Waals surface area (Å²) in [6, 6.07) is 18.7. The number of carbonyl (C=O) groups excluding carboxylic acids is 1. The van der Waals surface area contributed by atoms with E-state index in [0.717, 1.165) is 42.2 Å². The van der Waals surface area contributed by atoms with E-state index < -0.39 is 0 Å². The lowest BCUT2D eigenvalue weighted by atomic mass is 10.0. The minimum atomic E-state index is -0.263. The van der Waals surface area contributed by atoms with Gasteiger partial charge < -0.3 is 4.74 Å². The van der Waals surface area contributed by atoms with Gasteiger partial charge in [0, 0.05) is 34.3 Å². The highest BCUT2D eigenvalue weighted by Crippen LogP contribution is 2.39. The van der Waals surface area contributed by atoms with Crippen LogP contribution in [0.25, 0.3) is 0 Å². The number of benzene rings is 2. The number of thiophene rings is 1. The molecule has 0 saturated heterocycles. The van der Waals surface area contributed by atoms with E-state index in [0.29, 0.717) is 12.2 Å². The van der Waals surface area contributed by atoms with E-state index in [1.54, 1.807) is 11.3 Å². The molecule has 0 spiro atoms. The van der Waals surface area contributed by atoms with Crippen LogP contribution >= 0.6 is 33.9 Å². The molecule has 4 rings (SSSR count). The van der Waals surface area contributed by atoms with Crippen molar-refractivity contribution in [3.63, 3.8) is 0 Å². The van der Waals surface area contributed by atoms with Gasteiger partial charge in [0.1, 0.15) is 5.00 Å². The first-order chi connectivity index (χ1) is 14.6. The minimum absolute atomic E-state index is 0.263. The second-order valence-electron chi connectivity index (χ2n) is 7.16. The predicted octanol–water partition coefficient (Wildman–Crippen LogP) is 5.84. The van der Waals surface area contributed by atoms with E-state index in [-0.39, 0.29) is 5.97 Å². The van der Waals surface area contributed by atoms with Crippen LogP contribution in [0.3, 0.4) is 0 Å². The van der Waals surface area contributed by atoms with Crippen LogP contribution in [0.4, 0.5) is 5.00 Å². The second kappa shape index (κ2) is 9.85. The van der Waals surface area contributed by atoms with Crippen molar-refractivity contribution >= 4 is 51.1 Å². The van der Waals surface area contributed by atoms with Gasteiger partial charge >= 0.3 is 5.97 Å². The van der Waals surface area contributed by atoms with Gasteiger partial charge in [-0.3, -0.25) is 4.90 Å². The monoisotopic (exact) mass is 530 g/mol. The van der Waals surface area contributed by atoms with E-state index >= 15 is 0 Å². The Morgan fingerprint density at radius 2 is 1.97 bits per heavy atom. The van der Waals surface area contributed by atoms with E-state index in [9.17, 15) is 4.79 Å². The molecule has 0 saturated carbocycles. The number of ether oxygens (including phenoxy) is 1. The highest BCUT2D eigenvalue weighted by molar-refractivity contribution is 14.1. The Bertz CT molecular complexity index is 1050. The summed E-state index contributed by atoms with van der Waals surface area (Å²) in [7, 11) is 0. The zero-order chi connectivity index (χ0) is 20.9. The number of hydrogen-bond donors (Lipinski definition) is 0. The number of aliphatic imine (C=N–C) groups is 1. The van der Waals surface area contributed by atoms with Gasteiger partial charge in [0.25, 0.3) is 0 Å². The summed E-state index contributed by atoms with van der Waals surface area (Å²) in [4.78, 5) is 21.1. The first kappa shape index (κ1) is 21.2. The van der Waals surface area contributed by atoms with Gasteiger partial charge in [-0.25, -0.2) is 9.79 Å². The fourth-order valence-corrected chi connectivity index (χ4v) is 5.19. The lowest BCUT2D eigenvalue weighted by molar-refractivity contribution is 0.0526. The summed E-state index contributed by atoms with van der Waals surface area (Å²) < 4.78 is 6.54. The number of hydrogen-bond acceptors (Lipinski definition) is 5. The summed E-state index contributed by atoms with van der Waals surface area (Å²) in [6.45, 7) is 4.87. The van der Waals surface area contributed by atoms with Gasteiger partial charge in [0.2, 0.25) is 0 Å². The zero-order valence-electron chi connectivity index (χ0n) is 16.8. The first-order valence-corrected chi connectivity index (χ1v) is 11.9. The van der Waals surface area contributed by atoms with Crippen molar-refractivity contribution in [2.45, 2.75) is 26.4 Å². The van der Waals surface area contributed by atoms with Crippen molar-refractivity contribution in [3.05, 3.63) is 85.3 Å². The molecular weight excluding hydrogens is 507 g/mol. The average Bonchev–Trinajstić information content (AvgIpc) is 3.12.